The Bertz CT molecular complexity index is 541. The standard InChI is InChI=1S/C20H30N2O3/c1-16(10-11-19-9-6-14-25-19)21-20(24)12-13-22(17(2)23)15-18-7-4-3-5-8-18/h3-5,7-8,16,19H,6,9-15H2,1-2H3,(H,21,24)/t16-,19+/m1/s1. The number of nitrogens with zero attached hydrogens (tertiary/aromatic N) is 1. The second kappa shape index (κ2) is 10.2. The van der Waals surface area contributed by atoms with Crippen molar-refractivity contribution in [3.63, 3.8) is 0 Å². The summed E-state index contributed by atoms with van der Waals surface area (Å²) in [4.78, 5) is 25.7. The summed E-state index contributed by atoms with van der Waals surface area (Å²) < 4.78 is 5.61. The molecule has 2 rings (SSSR count). The van der Waals surface area contributed by atoms with E-state index >= 15 is 0 Å². The average Bonchev–Trinajstić information content (AvgIpc) is 3.11. The molecule has 1 fully saturated rings. The van der Waals surface area contributed by atoms with Crippen LogP contribution in [0.2, 0.25) is 0 Å². The zero-order chi connectivity index (χ0) is 18.1. The number of carbonyl (C=O) groups excluding carboxylic acids is 2. The van der Waals surface area contributed by atoms with Gasteiger partial charge < -0.3 is 15.0 Å². The molecule has 1 aliphatic heterocycles. The first-order valence-electron chi connectivity index (χ1n) is 9.25. The van der Waals surface area contributed by atoms with Gasteiger partial charge >= 0.3 is 0 Å². The lowest BCUT2D eigenvalue weighted by molar-refractivity contribution is -0.130. The number of hydrogen-bond acceptors (Lipinski definition) is 3. The number of rotatable bonds is 9. The van der Waals surface area contributed by atoms with Gasteiger partial charge in [0.05, 0.1) is 6.10 Å². The van der Waals surface area contributed by atoms with Gasteiger partial charge in [-0.3, -0.25) is 9.59 Å². The highest BCUT2D eigenvalue weighted by Gasteiger charge is 2.17. The minimum Gasteiger partial charge on any atom is -0.378 e. The van der Waals surface area contributed by atoms with Crippen LogP contribution >= 0.6 is 0 Å². The lowest BCUT2D eigenvalue weighted by atomic mass is 10.1. The van der Waals surface area contributed by atoms with Crippen LogP contribution in [0.25, 0.3) is 0 Å². The summed E-state index contributed by atoms with van der Waals surface area (Å²) in [5.74, 6) is -0.0118. The van der Waals surface area contributed by atoms with Gasteiger partial charge in [0.2, 0.25) is 11.8 Å². The second-order valence-corrected chi connectivity index (χ2v) is 6.86. The maximum Gasteiger partial charge on any atom is 0.221 e. The summed E-state index contributed by atoms with van der Waals surface area (Å²) in [5, 5.41) is 3.03. The topological polar surface area (TPSA) is 58.6 Å². The molecule has 5 heteroatoms. The van der Waals surface area contributed by atoms with Crippen LogP contribution < -0.4 is 5.32 Å². The van der Waals surface area contributed by atoms with E-state index in [1.807, 2.05) is 37.3 Å². The van der Waals surface area contributed by atoms with E-state index in [1.54, 1.807) is 11.8 Å². The van der Waals surface area contributed by atoms with Gasteiger partial charge in [-0.05, 0) is 38.2 Å². The first kappa shape index (κ1) is 19.4. The van der Waals surface area contributed by atoms with Crippen molar-refractivity contribution in [3.8, 4) is 0 Å². The fraction of sp³-hybridized carbons (Fsp3) is 0.600. The van der Waals surface area contributed by atoms with Crippen molar-refractivity contribution in [2.75, 3.05) is 13.2 Å². The van der Waals surface area contributed by atoms with E-state index in [4.69, 9.17) is 4.74 Å². The van der Waals surface area contributed by atoms with Crippen molar-refractivity contribution in [1.29, 1.82) is 0 Å². The first-order valence-corrected chi connectivity index (χ1v) is 9.25. The molecule has 1 aromatic rings. The fourth-order valence-electron chi connectivity index (χ4n) is 3.12. The lowest BCUT2D eigenvalue weighted by Crippen LogP contribution is -2.37. The number of nitrogens with one attached hydrogen (secondary N) is 1. The van der Waals surface area contributed by atoms with E-state index in [9.17, 15) is 9.59 Å². The van der Waals surface area contributed by atoms with Crippen molar-refractivity contribution in [2.45, 2.75) is 64.6 Å². The van der Waals surface area contributed by atoms with Crippen molar-refractivity contribution in [2.24, 2.45) is 0 Å². The zero-order valence-electron chi connectivity index (χ0n) is 15.4. The Labute approximate surface area is 150 Å². The maximum absolute atomic E-state index is 12.1. The van der Waals surface area contributed by atoms with Crippen LogP contribution in [0, 0.1) is 0 Å². The van der Waals surface area contributed by atoms with Crippen LogP contribution in [0.4, 0.5) is 0 Å². The van der Waals surface area contributed by atoms with Gasteiger partial charge in [-0.15, -0.1) is 0 Å². The summed E-state index contributed by atoms with van der Waals surface area (Å²) in [6, 6.07) is 9.97. The highest BCUT2D eigenvalue weighted by atomic mass is 16.5. The van der Waals surface area contributed by atoms with Gasteiger partial charge in [0.15, 0.2) is 0 Å². The smallest absolute Gasteiger partial charge is 0.221 e. The van der Waals surface area contributed by atoms with Gasteiger partial charge in [0, 0.05) is 39.1 Å². The molecule has 0 saturated carbocycles. The van der Waals surface area contributed by atoms with Gasteiger partial charge in [-0.25, -0.2) is 0 Å². The quantitative estimate of drug-likeness (QED) is 0.748. The lowest BCUT2D eigenvalue weighted by Gasteiger charge is -2.22. The molecule has 0 radical (unpaired) electrons. The normalized spacial score (nSPS) is 17.9. The minimum atomic E-state index is -0.0110. The van der Waals surface area contributed by atoms with Crippen molar-refractivity contribution >= 4 is 11.8 Å². The van der Waals surface area contributed by atoms with Gasteiger partial charge in [-0.1, -0.05) is 30.3 Å². The maximum atomic E-state index is 12.1. The number of hydrogen-bond donors (Lipinski definition) is 1. The number of carbonyl (C=O) groups is 2. The molecule has 0 unspecified atom stereocenters. The monoisotopic (exact) mass is 346 g/mol. The van der Waals surface area contributed by atoms with E-state index in [0.29, 0.717) is 25.6 Å². The zero-order valence-corrected chi connectivity index (χ0v) is 15.4. The molecule has 1 N–H and O–H groups in total. The number of amides is 2. The molecule has 0 spiro atoms. The Morgan fingerprint density at radius 3 is 2.72 bits per heavy atom. The Hall–Kier alpha value is -1.88. The van der Waals surface area contributed by atoms with Crippen LogP contribution in [0.3, 0.4) is 0 Å². The second-order valence-electron chi connectivity index (χ2n) is 6.86. The molecule has 1 aliphatic rings. The highest BCUT2D eigenvalue weighted by molar-refractivity contribution is 5.78. The van der Waals surface area contributed by atoms with Crippen LogP contribution in [-0.2, 0) is 20.9 Å². The van der Waals surface area contributed by atoms with E-state index in [1.165, 1.54) is 0 Å². The van der Waals surface area contributed by atoms with Gasteiger partial charge in [-0.2, -0.15) is 0 Å². The molecule has 1 heterocycles. The number of ether oxygens (including phenoxy) is 1. The molecule has 2 atom stereocenters. The summed E-state index contributed by atoms with van der Waals surface area (Å²) in [7, 11) is 0. The van der Waals surface area contributed by atoms with E-state index in [-0.39, 0.29) is 17.9 Å². The molecule has 2 amide bonds. The van der Waals surface area contributed by atoms with Crippen molar-refractivity contribution in [3.05, 3.63) is 35.9 Å². The third kappa shape index (κ3) is 7.26. The third-order valence-electron chi connectivity index (χ3n) is 4.62. The van der Waals surface area contributed by atoms with Crippen LogP contribution in [0.15, 0.2) is 30.3 Å². The predicted octanol–water partition coefficient (Wildman–Crippen LogP) is 2.89. The molecule has 5 nitrogen and oxygen atoms in total. The van der Waals surface area contributed by atoms with Crippen LogP contribution in [-0.4, -0.2) is 42.0 Å². The van der Waals surface area contributed by atoms with E-state index in [2.05, 4.69) is 5.32 Å². The Balaban J connectivity index is 1.69. The molecular weight excluding hydrogens is 316 g/mol. The van der Waals surface area contributed by atoms with Gasteiger partial charge in [0.1, 0.15) is 0 Å². The molecule has 0 bridgehead atoms. The molecule has 1 aromatic carbocycles. The molecule has 0 aromatic heterocycles. The van der Waals surface area contributed by atoms with Crippen molar-refractivity contribution < 1.29 is 14.3 Å². The Kier molecular flexibility index (Phi) is 7.92. The molecule has 1 saturated heterocycles. The summed E-state index contributed by atoms with van der Waals surface area (Å²) in [5.41, 5.74) is 1.07. The molecule has 138 valence electrons. The summed E-state index contributed by atoms with van der Waals surface area (Å²) in [6.45, 7) is 5.42. The minimum absolute atomic E-state index is 0.000785. The SMILES string of the molecule is CC(=O)N(CCC(=O)N[C@H](C)CC[C@@H]1CCCO1)Cc1ccccc1. The predicted molar refractivity (Wildman–Crippen MR) is 98.0 cm³/mol. The summed E-state index contributed by atoms with van der Waals surface area (Å²) in [6.07, 6.45) is 4.89. The van der Waals surface area contributed by atoms with Crippen LogP contribution in [0.5, 0.6) is 0 Å². The first-order chi connectivity index (χ1) is 12.0. The average molecular weight is 346 g/mol. The van der Waals surface area contributed by atoms with Crippen LogP contribution in [0.1, 0.15) is 51.5 Å². The summed E-state index contributed by atoms with van der Waals surface area (Å²) >= 11 is 0. The highest BCUT2D eigenvalue weighted by Crippen LogP contribution is 2.17. The largest absolute Gasteiger partial charge is 0.378 e. The molecular formula is C20H30N2O3. The Morgan fingerprint density at radius 1 is 1.32 bits per heavy atom. The van der Waals surface area contributed by atoms with Crippen molar-refractivity contribution in [1.82, 2.24) is 10.2 Å². The Morgan fingerprint density at radius 2 is 2.08 bits per heavy atom. The fourth-order valence-corrected chi connectivity index (χ4v) is 3.12. The van der Waals surface area contributed by atoms with E-state index < -0.39 is 0 Å². The van der Waals surface area contributed by atoms with E-state index in [0.717, 1.165) is 37.9 Å². The number of benzene rings is 1. The molecule has 0 aliphatic carbocycles. The molecule has 25 heavy (non-hydrogen) atoms. The van der Waals surface area contributed by atoms with Gasteiger partial charge in [0.25, 0.3) is 0 Å². The third-order valence-corrected chi connectivity index (χ3v) is 4.62.